The molecular weight excluding hydrogens is 350 g/mol. The average Bonchev–Trinajstić information content (AvgIpc) is 2.54. The van der Waals surface area contributed by atoms with E-state index in [4.69, 9.17) is 16.3 Å². The molecule has 0 atom stereocenters. The van der Waals surface area contributed by atoms with Gasteiger partial charge < -0.3 is 10.1 Å². The predicted molar refractivity (Wildman–Crippen MR) is 94.4 cm³/mol. The van der Waals surface area contributed by atoms with E-state index < -0.39 is 21.5 Å². The molecule has 1 amide bonds. The summed E-state index contributed by atoms with van der Waals surface area (Å²) in [6, 6.07) is 12.6. The summed E-state index contributed by atoms with van der Waals surface area (Å²) in [5.74, 6) is -0.773. The lowest BCUT2D eigenvalue weighted by Gasteiger charge is -2.12. The van der Waals surface area contributed by atoms with E-state index in [-0.39, 0.29) is 4.90 Å². The van der Waals surface area contributed by atoms with Crippen LogP contribution in [0.4, 0.5) is 5.69 Å². The number of nitrogens with one attached hydrogen (secondary N) is 1. The van der Waals surface area contributed by atoms with Gasteiger partial charge in [0, 0.05) is 5.02 Å². The Hall–Kier alpha value is -2.05. The quantitative estimate of drug-likeness (QED) is 0.812. The Labute approximate surface area is 146 Å². The van der Waals surface area contributed by atoms with E-state index in [1.807, 2.05) is 6.92 Å². The highest BCUT2D eigenvalue weighted by Crippen LogP contribution is 2.24. The van der Waals surface area contributed by atoms with Crippen LogP contribution in [0.5, 0.6) is 5.75 Å². The summed E-state index contributed by atoms with van der Waals surface area (Å²) in [6.07, 6.45) is 0.827. The Morgan fingerprint density at radius 3 is 2.46 bits per heavy atom. The molecule has 0 aromatic heterocycles. The fourth-order valence-corrected chi connectivity index (χ4v) is 3.25. The summed E-state index contributed by atoms with van der Waals surface area (Å²) in [6.45, 7) is 2.48. The SMILES string of the molecule is CCCOc1ccccc1NC(=O)CS(=O)(=O)c1ccc(Cl)cc1. The summed E-state index contributed by atoms with van der Waals surface area (Å²) >= 11 is 5.75. The molecule has 0 bridgehead atoms. The molecule has 2 rings (SSSR count). The van der Waals surface area contributed by atoms with Crippen LogP contribution in [0, 0.1) is 0 Å². The Morgan fingerprint density at radius 2 is 1.79 bits per heavy atom. The molecule has 0 saturated carbocycles. The molecule has 0 radical (unpaired) electrons. The van der Waals surface area contributed by atoms with Crippen molar-refractivity contribution in [2.45, 2.75) is 18.2 Å². The number of hydrogen-bond acceptors (Lipinski definition) is 4. The smallest absolute Gasteiger partial charge is 0.240 e. The lowest BCUT2D eigenvalue weighted by atomic mass is 10.3. The molecule has 0 aliphatic rings. The number of amides is 1. The van der Waals surface area contributed by atoms with Gasteiger partial charge in [0.15, 0.2) is 9.84 Å². The topological polar surface area (TPSA) is 72.5 Å². The second-order valence-electron chi connectivity index (χ2n) is 5.11. The monoisotopic (exact) mass is 367 g/mol. The Bertz CT molecular complexity index is 804. The molecule has 0 spiro atoms. The Morgan fingerprint density at radius 1 is 1.12 bits per heavy atom. The summed E-state index contributed by atoms with van der Waals surface area (Å²) in [7, 11) is -3.74. The minimum Gasteiger partial charge on any atom is -0.491 e. The molecule has 0 unspecified atom stereocenters. The molecule has 1 N–H and O–H groups in total. The number of rotatable bonds is 7. The van der Waals surface area contributed by atoms with Crippen molar-refractivity contribution < 1.29 is 17.9 Å². The van der Waals surface area contributed by atoms with Crippen LogP contribution in [0.15, 0.2) is 53.4 Å². The van der Waals surface area contributed by atoms with Crippen molar-refractivity contribution in [1.82, 2.24) is 0 Å². The minimum absolute atomic E-state index is 0.0533. The molecule has 7 heteroatoms. The number of ether oxygens (including phenoxy) is 1. The zero-order valence-corrected chi connectivity index (χ0v) is 14.7. The summed E-state index contributed by atoms with van der Waals surface area (Å²) in [5, 5.41) is 3.02. The largest absolute Gasteiger partial charge is 0.491 e. The normalized spacial score (nSPS) is 11.1. The van der Waals surface area contributed by atoms with E-state index in [0.29, 0.717) is 23.1 Å². The Balaban J connectivity index is 2.09. The van der Waals surface area contributed by atoms with Gasteiger partial charge in [-0.05, 0) is 42.8 Å². The van der Waals surface area contributed by atoms with Gasteiger partial charge in [-0.15, -0.1) is 0 Å². The molecule has 0 aliphatic carbocycles. The van der Waals surface area contributed by atoms with Crippen LogP contribution in [0.25, 0.3) is 0 Å². The van der Waals surface area contributed by atoms with Crippen LogP contribution < -0.4 is 10.1 Å². The van der Waals surface area contributed by atoms with E-state index in [9.17, 15) is 13.2 Å². The van der Waals surface area contributed by atoms with E-state index in [0.717, 1.165) is 6.42 Å². The number of sulfone groups is 1. The van der Waals surface area contributed by atoms with Gasteiger partial charge in [-0.25, -0.2) is 8.42 Å². The van der Waals surface area contributed by atoms with Gasteiger partial charge >= 0.3 is 0 Å². The van der Waals surface area contributed by atoms with Crippen molar-refractivity contribution >= 4 is 33.0 Å². The summed E-state index contributed by atoms with van der Waals surface area (Å²) in [5.41, 5.74) is 0.447. The molecule has 0 saturated heterocycles. The predicted octanol–water partition coefficient (Wildman–Crippen LogP) is 3.54. The van der Waals surface area contributed by atoms with Crippen molar-refractivity contribution in [3.63, 3.8) is 0 Å². The van der Waals surface area contributed by atoms with E-state index in [1.165, 1.54) is 24.3 Å². The van der Waals surface area contributed by atoms with Gasteiger partial charge in [0.05, 0.1) is 17.2 Å². The van der Waals surface area contributed by atoms with Crippen LogP contribution in [0.3, 0.4) is 0 Å². The minimum atomic E-state index is -3.74. The first-order valence-corrected chi connectivity index (χ1v) is 9.45. The highest BCUT2D eigenvalue weighted by Gasteiger charge is 2.20. The van der Waals surface area contributed by atoms with Gasteiger partial charge in [-0.2, -0.15) is 0 Å². The highest BCUT2D eigenvalue weighted by atomic mass is 35.5. The lowest BCUT2D eigenvalue weighted by molar-refractivity contribution is -0.113. The maximum Gasteiger partial charge on any atom is 0.240 e. The molecule has 0 aliphatic heterocycles. The third-order valence-electron chi connectivity index (χ3n) is 3.12. The zero-order chi connectivity index (χ0) is 17.6. The van der Waals surface area contributed by atoms with Crippen molar-refractivity contribution in [1.29, 1.82) is 0 Å². The van der Waals surface area contributed by atoms with Gasteiger partial charge in [-0.1, -0.05) is 30.7 Å². The number of halogens is 1. The van der Waals surface area contributed by atoms with Gasteiger partial charge in [0.2, 0.25) is 5.91 Å². The first kappa shape index (κ1) is 18.3. The Kier molecular flexibility index (Phi) is 6.23. The van der Waals surface area contributed by atoms with Crippen LogP contribution in [-0.2, 0) is 14.6 Å². The van der Waals surface area contributed by atoms with Gasteiger partial charge in [-0.3, -0.25) is 4.79 Å². The molecule has 2 aromatic carbocycles. The van der Waals surface area contributed by atoms with Gasteiger partial charge in [0.25, 0.3) is 0 Å². The van der Waals surface area contributed by atoms with Crippen molar-refractivity contribution in [3.8, 4) is 5.75 Å². The highest BCUT2D eigenvalue weighted by molar-refractivity contribution is 7.92. The number of anilines is 1. The molecule has 0 heterocycles. The summed E-state index contributed by atoms with van der Waals surface area (Å²) in [4.78, 5) is 12.2. The van der Waals surface area contributed by atoms with E-state index in [1.54, 1.807) is 24.3 Å². The van der Waals surface area contributed by atoms with Crippen LogP contribution in [0.1, 0.15) is 13.3 Å². The van der Waals surface area contributed by atoms with Crippen molar-refractivity contribution in [2.24, 2.45) is 0 Å². The number of carbonyl (C=O) groups is 1. The van der Waals surface area contributed by atoms with Crippen molar-refractivity contribution in [3.05, 3.63) is 53.6 Å². The van der Waals surface area contributed by atoms with Crippen LogP contribution in [-0.4, -0.2) is 26.7 Å². The second kappa shape index (κ2) is 8.17. The standard InChI is InChI=1S/C17H18ClNO4S/c1-2-11-23-16-6-4-3-5-15(16)19-17(20)12-24(21,22)14-9-7-13(18)8-10-14/h3-10H,2,11-12H2,1H3,(H,19,20). The summed E-state index contributed by atoms with van der Waals surface area (Å²) < 4.78 is 30.1. The van der Waals surface area contributed by atoms with E-state index in [2.05, 4.69) is 5.32 Å². The molecule has 2 aromatic rings. The average molecular weight is 368 g/mol. The third kappa shape index (κ3) is 4.97. The van der Waals surface area contributed by atoms with E-state index >= 15 is 0 Å². The first-order valence-electron chi connectivity index (χ1n) is 7.42. The lowest BCUT2D eigenvalue weighted by Crippen LogP contribution is -2.23. The maximum absolute atomic E-state index is 12.3. The first-order chi connectivity index (χ1) is 11.4. The molecule has 24 heavy (non-hydrogen) atoms. The maximum atomic E-state index is 12.3. The molecule has 0 fully saturated rings. The zero-order valence-electron chi connectivity index (χ0n) is 13.2. The van der Waals surface area contributed by atoms with Gasteiger partial charge in [0.1, 0.15) is 11.5 Å². The van der Waals surface area contributed by atoms with Crippen LogP contribution >= 0.6 is 11.6 Å². The number of hydrogen-bond donors (Lipinski definition) is 1. The molecule has 5 nitrogen and oxygen atoms in total. The molecule has 128 valence electrons. The number of benzene rings is 2. The van der Waals surface area contributed by atoms with Crippen LogP contribution in [0.2, 0.25) is 5.02 Å². The number of carbonyl (C=O) groups excluding carboxylic acids is 1. The third-order valence-corrected chi connectivity index (χ3v) is 5.00. The fraction of sp³-hybridized carbons (Fsp3) is 0.235. The second-order valence-corrected chi connectivity index (χ2v) is 7.53. The molecular formula is C17H18ClNO4S. The van der Waals surface area contributed by atoms with Crippen molar-refractivity contribution in [2.75, 3.05) is 17.7 Å². The fourth-order valence-electron chi connectivity index (χ4n) is 1.99. The number of para-hydroxylation sites is 2.